The summed E-state index contributed by atoms with van der Waals surface area (Å²) in [6.07, 6.45) is 0. The van der Waals surface area contributed by atoms with Crippen molar-refractivity contribution in [3.63, 3.8) is 0 Å². The zero-order chi connectivity index (χ0) is 13.8. The Morgan fingerprint density at radius 2 is 1.84 bits per heavy atom. The van der Waals surface area contributed by atoms with Gasteiger partial charge in [0.2, 0.25) is 5.91 Å². The Morgan fingerprint density at radius 1 is 1.16 bits per heavy atom. The van der Waals surface area contributed by atoms with Crippen LogP contribution >= 0.6 is 11.8 Å². The highest BCUT2D eigenvalue weighted by atomic mass is 32.2. The Labute approximate surface area is 117 Å². The molecule has 0 bridgehead atoms. The highest BCUT2D eigenvalue weighted by Gasteiger charge is 2.03. The van der Waals surface area contributed by atoms with Crippen LogP contribution in [0.4, 0.5) is 5.69 Å². The van der Waals surface area contributed by atoms with Crippen LogP contribution < -0.4 is 11.5 Å². The van der Waals surface area contributed by atoms with Crippen molar-refractivity contribution in [1.82, 2.24) is 0 Å². The number of benzene rings is 2. The molecule has 0 spiro atoms. The largest absolute Gasteiger partial charge is 0.398 e. The average Bonchev–Trinajstić information content (AvgIpc) is 2.38. The summed E-state index contributed by atoms with van der Waals surface area (Å²) < 4.78 is 0. The van der Waals surface area contributed by atoms with Crippen molar-refractivity contribution in [3.05, 3.63) is 59.2 Å². The predicted molar refractivity (Wildman–Crippen MR) is 80.1 cm³/mol. The number of nitrogen functional groups attached to an aromatic ring is 1. The van der Waals surface area contributed by atoms with Gasteiger partial charge in [-0.25, -0.2) is 0 Å². The van der Waals surface area contributed by atoms with Crippen LogP contribution in [-0.2, 0) is 5.75 Å². The summed E-state index contributed by atoms with van der Waals surface area (Å²) in [6.45, 7) is 2.02. The quantitative estimate of drug-likeness (QED) is 0.664. The molecule has 98 valence electrons. The van der Waals surface area contributed by atoms with Gasteiger partial charge in [0.05, 0.1) is 0 Å². The number of carbonyl (C=O) groups is 1. The van der Waals surface area contributed by atoms with Gasteiger partial charge in [0.1, 0.15) is 0 Å². The maximum atomic E-state index is 11.0. The van der Waals surface area contributed by atoms with Crippen LogP contribution in [0.2, 0.25) is 0 Å². The summed E-state index contributed by atoms with van der Waals surface area (Å²) >= 11 is 1.68. The van der Waals surface area contributed by atoms with Gasteiger partial charge in [0.25, 0.3) is 0 Å². The Morgan fingerprint density at radius 3 is 2.42 bits per heavy atom. The van der Waals surface area contributed by atoms with E-state index in [1.165, 1.54) is 0 Å². The standard InChI is InChI=1S/C15H16N2OS/c1-10-2-7-14(13(16)8-10)19-9-11-3-5-12(6-4-11)15(17)18/h2-8H,9,16H2,1H3,(H2,17,18). The third kappa shape index (κ3) is 3.51. The molecule has 2 aromatic rings. The van der Waals surface area contributed by atoms with Crippen LogP contribution in [0, 0.1) is 6.92 Å². The molecule has 4 heteroatoms. The van der Waals surface area contributed by atoms with Crippen LogP contribution in [0.15, 0.2) is 47.4 Å². The lowest BCUT2D eigenvalue weighted by atomic mass is 10.1. The number of hydrogen-bond acceptors (Lipinski definition) is 3. The van der Waals surface area contributed by atoms with E-state index in [1.807, 2.05) is 31.2 Å². The van der Waals surface area contributed by atoms with Gasteiger partial charge < -0.3 is 11.5 Å². The van der Waals surface area contributed by atoms with Gasteiger partial charge in [0, 0.05) is 21.9 Å². The highest BCUT2D eigenvalue weighted by Crippen LogP contribution is 2.28. The van der Waals surface area contributed by atoms with Crippen molar-refractivity contribution in [2.45, 2.75) is 17.6 Å². The third-order valence-corrected chi connectivity index (χ3v) is 3.96. The minimum absolute atomic E-state index is 0.401. The number of nitrogens with two attached hydrogens (primary N) is 2. The fraction of sp³-hybridized carbons (Fsp3) is 0.133. The normalized spacial score (nSPS) is 10.4. The summed E-state index contributed by atoms with van der Waals surface area (Å²) in [6, 6.07) is 13.4. The molecule has 0 aliphatic heterocycles. The van der Waals surface area contributed by atoms with E-state index in [0.717, 1.165) is 27.5 Å². The van der Waals surface area contributed by atoms with E-state index < -0.39 is 5.91 Å². The number of hydrogen-bond donors (Lipinski definition) is 2. The molecule has 0 heterocycles. The maximum absolute atomic E-state index is 11.0. The summed E-state index contributed by atoms with van der Waals surface area (Å²) in [7, 11) is 0. The summed E-state index contributed by atoms with van der Waals surface area (Å²) in [5.41, 5.74) is 14.8. The molecule has 0 fully saturated rings. The van der Waals surface area contributed by atoms with Gasteiger partial charge in [-0.2, -0.15) is 0 Å². The van der Waals surface area contributed by atoms with Crippen molar-refractivity contribution in [3.8, 4) is 0 Å². The van der Waals surface area contributed by atoms with E-state index >= 15 is 0 Å². The SMILES string of the molecule is Cc1ccc(SCc2ccc(C(N)=O)cc2)c(N)c1. The molecule has 0 atom stereocenters. The van der Waals surface area contributed by atoms with Crippen molar-refractivity contribution in [2.75, 3.05) is 5.73 Å². The molecule has 2 rings (SSSR count). The number of rotatable bonds is 4. The van der Waals surface area contributed by atoms with Gasteiger partial charge in [-0.3, -0.25) is 4.79 Å². The second-order valence-corrected chi connectivity index (χ2v) is 5.41. The topological polar surface area (TPSA) is 69.1 Å². The first kappa shape index (κ1) is 13.5. The second-order valence-electron chi connectivity index (χ2n) is 4.39. The third-order valence-electron chi connectivity index (χ3n) is 2.80. The molecule has 0 aromatic heterocycles. The molecular formula is C15H16N2OS. The molecule has 1 amide bonds. The molecule has 0 unspecified atom stereocenters. The Balaban J connectivity index is 2.04. The van der Waals surface area contributed by atoms with Crippen LogP contribution in [-0.4, -0.2) is 5.91 Å². The summed E-state index contributed by atoms with van der Waals surface area (Å²) in [4.78, 5) is 12.0. The van der Waals surface area contributed by atoms with Crippen LogP contribution in [0.25, 0.3) is 0 Å². The fourth-order valence-corrected chi connectivity index (χ4v) is 2.63. The van der Waals surface area contributed by atoms with Crippen molar-refractivity contribution < 1.29 is 4.79 Å². The molecule has 0 radical (unpaired) electrons. The average molecular weight is 272 g/mol. The molecule has 0 saturated heterocycles. The number of anilines is 1. The molecule has 0 saturated carbocycles. The van der Waals surface area contributed by atoms with E-state index in [2.05, 4.69) is 6.07 Å². The minimum atomic E-state index is -0.401. The number of primary amides is 1. The van der Waals surface area contributed by atoms with Gasteiger partial charge in [-0.05, 0) is 42.3 Å². The summed E-state index contributed by atoms with van der Waals surface area (Å²) in [5, 5.41) is 0. The second kappa shape index (κ2) is 5.80. The van der Waals surface area contributed by atoms with Gasteiger partial charge in [0.15, 0.2) is 0 Å². The zero-order valence-electron chi connectivity index (χ0n) is 10.7. The van der Waals surface area contributed by atoms with Crippen LogP contribution in [0.1, 0.15) is 21.5 Å². The number of thioether (sulfide) groups is 1. The summed E-state index contributed by atoms with van der Waals surface area (Å²) in [5.74, 6) is 0.411. The number of carbonyl (C=O) groups excluding carboxylic acids is 1. The molecule has 19 heavy (non-hydrogen) atoms. The molecule has 2 aromatic carbocycles. The van der Waals surface area contributed by atoms with Crippen molar-refractivity contribution in [2.24, 2.45) is 5.73 Å². The molecular weight excluding hydrogens is 256 g/mol. The Kier molecular flexibility index (Phi) is 4.12. The molecule has 0 aliphatic carbocycles. The Hall–Kier alpha value is -1.94. The lowest BCUT2D eigenvalue weighted by Gasteiger charge is -2.06. The Bertz CT molecular complexity index is 594. The predicted octanol–water partition coefficient (Wildman–Crippen LogP) is 2.97. The highest BCUT2D eigenvalue weighted by molar-refractivity contribution is 7.98. The van der Waals surface area contributed by atoms with Crippen molar-refractivity contribution in [1.29, 1.82) is 0 Å². The van der Waals surface area contributed by atoms with Crippen molar-refractivity contribution >= 4 is 23.4 Å². The zero-order valence-corrected chi connectivity index (χ0v) is 11.5. The first-order chi connectivity index (χ1) is 9.06. The smallest absolute Gasteiger partial charge is 0.248 e. The molecule has 3 nitrogen and oxygen atoms in total. The van der Waals surface area contributed by atoms with E-state index in [0.29, 0.717) is 5.56 Å². The monoisotopic (exact) mass is 272 g/mol. The minimum Gasteiger partial charge on any atom is -0.398 e. The van der Waals surface area contributed by atoms with Crippen LogP contribution in [0.3, 0.4) is 0 Å². The number of aryl methyl sites for hydroxylation is 1. The van der Waals surface area contributed by atoms with E-state index in [1.54, 1.807) is 23.9 Å². The lowest BCUT2D eigenvalue weighted by Crippen LogP contribution is -2.10. The maximum Gasteiger partial charge on any atom is 0.248 e. The van der Waals surface area contributed by atoms with E-state index in [9.17, 15) is 4.79 Å². The van der Waals surface area contributed by atoms with Gasteiger partial charge in [-0.15, -0.1) is 11.8 Å². The van der Waals surface area contributed by atoms with E-state index in [-0.39, 0.29) is 0 Å². The molecule has 0 aliphatic rings. The molecule has 4 N–H and O–H groups in total. The van der Waals surface area contributed by atoms with E-state index in [4.69, 9.17) is 11.5 Å². The fourth-order valence-electron chi connectivity index (χ4n) is 1.73. The van der Waals surface area contributed by atoms with Gasteiger partial charge in [-0.1, -0.05) is 18.2 Å². The number of amides is 1. The lowest BCUT2D eigenvalue weighted by molar-refractivity contribution is 0.100. The first-order valence-electron chi connectivity index (χ1n) is 5.94. The first-order valence-corrected chi connectivity index (χ1v) is 6.92. The van der Waals surface area contributed by atoms with Gasteiger partial charge >= 0.3 is 0 Å². The van der Waals surface area contributed by atoms with Crippen LogP contribution in [0.5, 0.6) is 0 Å².